The van der Waals surface area contributed by atoms with Crippen molar-refractivity contribution in [3.05, 3.63) is 29.8 Å². The molecule has 1 spiro atoms. The van der Waals surface area contributed by atoms with E-state index in [1.54, 1.807) is 12.0 Å². The van der Waals surface area contributed by atoms with Gasteiger partial charge in [-0.25, -0.2) is 4.79 Å². The van der Waals surface area contributed by atoms with E-state index >= 15 is 0 Å². The Kier molecular flexibility index (Phi) is 4.84. The molecule has 6 heteroatoms. The van der Waals surface area contributed by atoms with Gasteiger partial charge in [0.1, 0.15) is 11.8 Å². The molecule has 0 aromatic heterocycles. The minimum atomic E-state index is -0.846. The second-order valence-electron chi connectivity index (χ2n) is 8.42. The highest BCUT2D eigenvalue weighted by Crippen LogP contribution is 2.45. The molecule has 1 N–H and O–H groups in total. The summed E-state index contributed by atoms with van der Waals surface area (Å²) in [5.74, 6) is 0.168. The Hall–Kier alpha value is -2.08. The molecule has 2 heterocycles. The molecule has 4 rings (SSSR count). The molecule has 1 atom stereocenters. The third-order valence-electron chi connectivity index (χ3n) is 6.49. The fourth-order valence-electron chi connectivity index (χ4n) is 4.61. The van der Waals surface area contributed by atoms with Crippen LogP contribution in [0.2, 0.25) is 0 Å². The van der Waals surface area contributed by atoms with E-state index in [1.807, 2.05) is 12.1 Å². The van der Waals surface area contributed by atoms with E-state index in [4.69, 9.17) is 4.74 Å². The first kappa shape index (κ1) is 18.3. The Labute approximate surface area is 160 Å². The van der Waals surface area contributed by atoms with Gasteiger partial charge in [0.25, 0.3) is 0 Å². The van der Waals surface area contributed by atoms with Crippen LogP contribution in [0, 0.1) is 11.3 Å². The van der Waals surface area contributed by atoms with Crippen molar-refractivity contribution in [2.45, 2.75) is 44.7 Å². The maximum atomic E-state index is 12.5. The van der Waals surface area contributed by atoms with Gasteiger partial charge in [0.15, 0.2) is 0 Å². The summed E-state index contributed by atoms with van der Waals surface area (Å²) in [7, 11) is 1.67. The highest BCUT2D eigenvalue weighted by molar-refractivity contribution is 5.87. The third kappa shape index (κ3) is 3.81. The number of ether oxygens (including phenoxy) is 1. The van der Waals surface area contributed by atoms with Crippen molar-refractivity contribution < 1.29 is 19.4 Å². The van der Waals surface area contributed by atoms with Crippen molar-refractivity contribution in [1.82, 2.24) is 9.80 Å². The summed E-state index contributed by atoms with van der Waals surface area (Å²) in [6.07, 6.45) is 4.37. The van der Waals surface area contributed by atoms with Gasteiger partial charge in [-0.2, -0.15) is 0 Å². The zero-order valence-electron chi connectivity index (χ0n) is 15.9. The fraction of sp³-hybridized carbons (Fsp3) is 0.619. The van der Waals surface area contributed by atoms with Crippen LogP contribution in [0.5, 0.6) is 5.75 Å². The first-order valence-electron chi connectivity index (χ1n) is 9.88. The van der Waals surface area contributed by atoms with Crippen molar-refractivity contribution in [3.8, 4) is 5.75 Å². The molecule has 3 fully saturated rings. The quantitative estimate of drug-likeness (QED) is 0.859. The van der Waals surface area contributed by atoms with Gasteiger partial charge in [0.05, 0.1) is 7.11 Å². The average molecular weight is 372 g/mol. The Balaban J connectivity index is 1.37. The van der Waals surface area contributed by atoms with Crippen molar-refractivity contribution in [1.29, 1.82) is 0 Å². The van der Waals surface area contributed by atoms with Crippen LogP contribution in [0.3, 0.4) is 0 Å². The van der Waals surface area contributed by atoms with Crippen LogP contribution in [0.15, 0.2) is 24.3 Å². The predicted molar refractivity (Wildman–Crippen MR) is 100 cm³/mol. The minimum absolute atomic E-state index is 0.0238. The fourth-order valence-corrected chi connectivity index (χ4v) is 4.61. The molecule has 146 valence electrons. The lowest BCUT2D eigenvalue weighted by Crippen LogP contribution is -2.43. The topological polar surface area (TPSA) is 70.1 Å². The highest BCUT2D eigenvalue weighted by Gasteiger charge is 2.51. The maximum Gasteiger partial charge on any atom is 0.326 e. The largest absolute Gasteiger partial charge is 0.497 e. The Morgan fingerprint density at radius 3 is 2.41 bits per heavy atom. The van der Waals surface area contributed by atoms with E-state index in [0.29, 0.717) is 13.0 Å². The van der Waals surface area contributed by atoms with E-state index < -0.39 is 12.0 Å². The third-order valence-corrected chi connectivity index (χ3v) is 6.49. The summed E-state index contributed by atoms with van der Waals surface area (Å²) < 4.78 is 5.21. The first-order valence-corrected chi connectivity index (χ1v) is 9.88. The lowest BCUT2D eigenvalue weighted by molar-refractivity contribution is -0.148. The van der Waals surface area contributed by atoms with Crippen LogP contribution < -0.4 is 4.74 Å². The molecule has 6 nitrogen and oxygen atoms in total. The number of carbonyl (C=O) groups is 2. The highest BCUT2D eigenvalue weighted by atomic mass is 16.5. The maximum absolute atomic E-state index is 12.5. The van der Waals surface area contributed by atoms with Crippen molar-refractivity contribution in [3.63, 3.8) is 0 Å². The Morgan fingerprint density at radius 1 is 1.19 bits per heavy atom. The number of carbonyl (C=O) groups excluding carboxylic acids is 1. The molecule has 3 aliphatic rings. The number of likely N-dealkylation sites (tertiary alicyclic amines) is 2. The predicted octanol–water partition coefficient (Wildman–Crippen LogP) is 2.37. The van der Waals surface area contributed by atoms with Gasteiger partial charge in [-0.3, -0.25) is 9.69 Å². The van der Waals surface area contributed by atoms with Crippen molar-refractivity contribution in [2.75, 3.05) is 26.7 Å². The van der Waals surface area contributed by atoms with E-state index in [2.05, 4.69) is 17.0 Å². The number of piperidine rings is 1. The summed E-state index contributed by atoms with van der Waals surface area (Å²) in [5.41, 5.74) is 1.23. The summed E-state index contributed by atoms with van der Waals surface area (Å²) in [4.78, 5) is 28.4. The number of carboxylic acids is 1. The summed E-state index contributed by atoms with van der Waals surface area (Å²) in [6, 6.07) is 7.52. The van der Waals surface area contributed by atoms with Gasteiger partial charge in [-0.15, -0.1) is 0 Å². The van der Waals surface area contributed by atoms with Crippen LogP contribution in [0.4, 0.5) is 0 Å². The van der Waals surface area contributed by atoms with E-state index in [0.717, 1.165) is 51.1 Å². The number of nitrogens with zero attached hydrogens (tertiary/aromatic N) is 2. The molecule has 1 aliphatic carbocycles. The molecular formula is C21H28N2O4. The number of methoxy groups -OCH3 is 1. The molecule has 2 aliphatic heterocycles. The van der Waals surface area contributed by atoms with Crippen LogP contribution in [-0.4, -0.2) is 59.6 Å². The number of amides is 1. The monoisotopic (exact) mass is 372 g/mol. The number of aliphatic carboxylic acids is 1. The van der Waals surface area contributed by atoms with Crippen LogP contribution >= 0.6 is 0 Å². The van der Waals surface area contributed by atoms with Crippen molar-refractivity contribution in [2.24, 2.45) is 11.3 Å². The smallest absolute Gasteiger partial charge is 0.326 e. The average Bonchev–Trinajstić information content (AvgIpc) is 3.46. The molecule has 1 aromatic carbocycles. The molecule has 27 heavy (non-hydrogen) atoms. The SMILES string of the molecule is COc1ccc(CN2CCC3(CC2)C[C@H](C(=O)O)N(C(=O)C2CC2)C3)cc1. The number of hydrogen-bond donors (Lipinski definition) is 1. The van der Waals surface area contributed by atoms with Gasteiger partial charge in [-0.05, 0) is 68.3 Å². The van der Waals surface area contributed by atoms with Gasteiger partial charge in [0.2, 0.25) is 5.91 Å². The summed E-state index contributed by atoms with van der Waals surface area (Å²) in [5, 5.41) is 9.62. The van der Waals surface area contributed by atoms with E-state index in [1.165, 1.54) is 5.56 Å². The lowest BCUT2D eigenvalue weighted by Gasteiger charge is -2.39. The van der Waals surface area contributed by atoms with E-state index in [9.17, 15) is 14.7 Å². The number of rotatable bonds is 5. The molecule has 0 radical (unpaired) electrons. The molecule has 1 amide bonds. The van der Waals surface area contributed by atoms with E-state index in [-0.39, 0.29) is 17.2 Å². The molecule has 0 bridgehead atoms. The first-order chi connectivity index (χ1) is 13.0. The Bertz CT molecular complexity index is 705. The minimum Gasteiger partial charge on any atom is -0.497 e. The zero-order valence-corrected chi connectivity index (χ0v) is 15.9. The molecule has 2 saturated heterocycles. The molecular weight excluding hydrogens is 344 g/mol. The lowest BCUT2D eigenvalue weighted by atomic mass is 9.76. The van der Waals surface area contributed by atoms with Crippen LogP contribution in [-0.2, 0) is 16.1 Å². The zero-order chi connectivity index (χ0) is 19.0. The van der Waals surface area contributed by atoms with Gasteiger partial charge in [0, 0.05) is 19.0 Å². The van der Waals surface area contributed by atoms with Crippen LogP contribution in [0.25, 0.3) is 0 Å². The van der Waals surface area contributed by atoms with Gasteiger partial charge >= 0.3 is 5.97 Å². The number of carboxylic acid groups (broad SMARTS) is 1. The molecule has 0 unspecified atom stereocenters. The standard InChI is InChI=1S/C21H28N2O4/c1-27-17-6-2-15(3-7-17)13-22-10-8-21(9-11-22)12-18(20(25)26)23(14-21)19(24)16-4-5-16/h2-3,6-7,16,18H,4-5,8-14H2,1H3,(H,25,26)/t18-/m1/s1. The summed E-state index contributed by atoms with van der Waals surface area (Å²) >= 11 is 0. The molecule has 1 saturated carbocycles. The molecule has 1 aromatic rings. The normalized spacial score (nSPS) is 24.9. The van der Waals surface area contributed by atoms with Crippen molar-refractivity contribution >= 4 is 11.9 Å². The van der Waals surface area contributed by atoms with Crippen LogP contribution in [0.1, 0.15) is 37.7 Å². The summed E-state index contributed by atoms with van der Waals surface area (Å²) in [6.45, 7) is 3.41. The van der Waals surface area contributed by atoms with Gasteiger partial charge in [-0.1, -0.05) is 12.1 Å². The Morgan fingerprint density at radius 2 is 1.85 bits per heavy atom. The number of benzene rings is 1. The second-order valence-corrected chi connectivity index (χ2v) is 8.42. The number of hydrogen-bond acceptors (Lipinski definition) is 4. The van der Waals surface area contributed by atoms with Gasteiger partial charge < -0.3 is 14.7 Å². The second kappa shape index (κ2) is 7.15.